The number of nitrogens with zero attached hydrogens (tertiary/aromatic N) is 4. The lowest BCUT2D eigenvalue weighted by molar-refractivity contribution is 0.119. The van der Waals surface area contributed by atoms with E-state index in [1.807, 2.05) is 27.7 Å². The van der Waals surface area contributed by atoms with Gasteiger partial charge in [-0.3, -0.25) is 18.3 Å². The van der Waals surface area contributed by atoms with E-state index in [4.69, 9.17) is 4.74 Å². The Balaban J connectivity index is 1.61. The Bertz CT molecular complexity index is 1040. The topological polar surface area (TPSA) is 104 Å². The van der Waals surface area contributed by atoms with Gasteiger partial charge >= 0.3 is 11.4 Å². The van der Waals surface area contributed by atoms with Crippen LogP contribution in [0, 0.1) is 5.41 Å². The fraction of sp³-hybridized carbons (Fsp3) is 0.769. The second-order valence-corrected chi connectivity index (χ2v) is 10.9. The molecule has 0 aromatic carbocycles. The van der Waals surface area contributed by atoms with E-state index in [0.717, 1.165) is 51.6 Å². The van der Waals surface area contributed by atoms with Crippen molar-refractivity contribution in [2.24, 2.45) is 5.41 Å². The average Bonchev–Trinajstić information content (AvgIpc) is 3.24. The molecule has 9 nitrogen and oxygen atoms in total. The summed E-state index contributed by atoms with van der Waals surface area (Å²) < 4.78 is 11.8. The fourth-order valence-corrected chi connectivity index (χ4v) is 4.55. The van der Waals surface area contributed by atoms with Gasteiger partial charge in [0.25, 0.3) is 0 Å². The number of aryl methyl sites for hydroxylation is 2. The van der Waals surface area contributed by atoms with Crippen molar-refractivity contribution < 1.29 is 14.9 Å². The molecule has 0 bridgehead atoms. The summed E-state index contributed by atoms with van der Waals surface area (Å²) in [6.07, 6.45) is 9.50. The number of aromatic nitrogens is 4. The van der Waals surface area contributed by atoms with Gasteiger partial charge in [-0.05, 0) is 71.6 Å². The van der Waals surface area contributed by atoms with Crippen LogP contribution in [0.15, 0.2) is 22.0 Å². The number of rotatable bonds is 16. The fourth-order valence-electron chi connectivity index (χ4n) is 4.55. The molecule has 35 heavy (non-hydrogen) atoms. The minimum absolute atomic E-state index is 0.0178. The molecule has 0 aliphatic heterocycles. The number of hydrogen-bond donors (Lipinski definition) is 2. The quantitative estimate of drug-likeness (QED) is 0.339. The maximum Gasteiger partial charge on any atom is 0.331 e. The van der Waals surface area contributed by atoms with Gasteiger partial charge < -0.3 is 14.9 Å². The Morgan fingerprint density at radius 3 is 1.86 bits per heavy atom. The molecular weight excluding hydrogens is 448 g/mol. The third-order valence-corrected chi connectivity index (χ3v) is 6.98. The van der Waals surface area contributed by atoms with Crippen LogP contribution in [-0.2, 0) is 29.9 Å². The van der Waals surface area contributed by atoms with Crippen LogP contribution in [0.3, 0.4) is 0 Å². The number of hydrogen-bond acceptors (Lipinski definition) is 5. The minimum Gasteiger partial charge on any atom is -0.493 e. The van der Waals surface area contributed by atoms with E-state index in [-0.39, 0.29) is 28.6 Å². The summed E-state index contributed by atoms with van der Waals surface area (Å²) in [5.41, 5.74) is -0.696. The van der Waals surface area contributed by atoms with E-state index in [9.17, 15) is 19.8 Å². The van der Waals surface area contributed by atoms with E-state index in [0.29, 0.717) is 26.2 Å². The Hall–Kier alpha value is -2.42. The molecule has 0 aliphatic carbocycles. The van der Waals surface area contributed by atoms with Gasteiger partial charge in [-0.2, -0.15) is 0 Å². The summed E-state index contributed by atoms with van der Waals surface area (Å²) >= 11 is 0. The molecule has 0 aliphatic rings. The lowest BCUT2D eigenvalue weighted by atomic mass is 9.84. The largest absolute Gasteiger partial charge is 0.493 e. The van der Waals surface area contributed by atoms with Crippen LogP contribution in [0.1, 0.15) is 86.5 Å². The first kappa shape index (κ1) is 28.8. The van der Waals surface area contributed by atoms with E-state index < -0.39 is 5.54 Å². The van der Waals surface area contributed by atoms with E-state index in [1.54, 1.807) is 0 Å². The molecule has 200 valence electrons. The number of aromatic hydroxyl groups is 2. The smallest absolute Gasteiger partial charge is 0.331 e. The molecule has 2 rings (SSSR count). The molecule has 2 N–H and O–H groups in total. The summed E-state index contributed by atoms with van der Waals surface area (Å²) in [5.74, 6) is 0.0527. The van der Waals surface area contributed by atoms with Gasteiger partial charge in [0.05, 0.1) is 12.4 Å². The molecule has 0 saturated heterocycles. The minimum atomic E-state index is -0.450. The van der Waals surface area contributed by atoms with Gasteiger partial charge in [0.2, 0.25) is 11.8 Å². The van der Waals surface area contributed by atoms with Gasteiger partial charge in [-0.1, -0.05) is 20.3 Å². The molecular formula is C26H46N4O5. The SMILES string of the molecule is CCn1cc(O)n(CCC(C)(C)CCCCOCCCCC(C)(C)n2c(O)cn(CC)c2=O)c1=O. The predicted octanol–water partition coefficient (Wildman–Crippen LogP) is 4.27. The van der Waals surface area contributed by atoms with Crippen molar-refractivity contribution in [2.75, 3.05) is 13.2 Å². The first-order valence-electron chi connectivity index (χ1n) is 13.0. The van der Waals surface area contributed by atoms with Gasteiger partial charge in [-0.25, -0.2) is 9.59 Å². The van der Waals surface area contributed by atoms with Crippen LogP contribution >= 0.6 is 0 Å². The lowest BCUT2D eigenvalue weighted by Crippen LogP contribution is -2.36. The number of unbranched alkanes of at least 4 members (excludes halogenated alkanes) is 2. The molecule has 2 aromatic rings. The van der Waals surface area contributed by atoms with E-state index in [2.05, 4.69) is 13.8 Å². The molecule has 0 radical (unpaired) electrons. The average molecular weight is 495 g/mol. The maximum absolute atomic E-state index is 12.4. The molecule has 9 heteroatoms. The van der Waals surface area contributed by atoms with Crippen LogP contribution < -0.4 is 11.4 Å². The van der Waals surface area contributed by atoms with Gasteiger partial charge in [0, 0.05) is 38.4 Å². The number of imidazole rings is 2. The standard InChI is InChI=1S/C26H46N4O5/c1-7-27-19-21(31)29(23(27)33)16-15-25(3,4)13-9-11-17-35-18-12-10-14-26(5,6)30-22(32)20-28(8-2)24(30)34/h19-20,31-32H,7-18H2,1-6H3. The Morgan fingerprint density at radius 1 is 0.771 bits per heavy atom. The van der Waals surface area contributed by atoms with Crippen molar-refractivity contribution in [2.45, 2.75) is 112 Å². The maximum atomic E-state index is 12.4. The third-order valence-electron chi connectivity index (χ3n) is 6.98. The Labute approximate surface area is 209 Å². The van der Waals surface area contributed by atoms with E-state index >= 15 is 0 Å². The Morgan fingerprint density at radius 2 is 1.31 bits per heavy atom. The molecule has 0 unspecified atom stereocenters. The normalized spacial score (nSPS) is 12.5. The highest BCUT2D eigenvalue weighted by molar-refractivity contribution is 5.09. The van der Waals surface area contributed by atoms with Crippen LogP contribution in [0.25, 0.3) is 0 Å². The summed E-state index contributed by atoms with van der Waals surface area (Å²) in [6.45, 7) is 15.2. The number of ether oxygens (including phenoxy) is 1. The molecule has 2 aromatic heterocycles. The predicted molar refractivity (Wildman–Crippen MR) is 138 cm³/mol. The van der Waals surface area contributed by atoms with Crippen LogP contribution in [0.2, 0.25) is 0 Å². The third kappa shape index (κ3) is 7.78. The van der Waals surface area contributed by atoms with Gasteiger partial charge in [0.1, 0.15) is 0 Å². The second-order valence-electron chi connectivity index (χ2n) is 10.9. The van der Waals surface area contributed by atoms with Crippen LogP contribution in [0.5, 0.6) is 11.8 Å². The van der Waals surface area contributed by atoms with E-state index in [1.165, 1.54) is 30.7 Å². The first-order valence-corrected chi connectivity index (χ1v) is 13.0. The zero-order valence-corrected chi connectivity index (χ0v) is 22.5. The van der Waals surface area contributed by atoms with Crippen molar-refractivity contribution in [1.82, 2.24) is 18.3 Å². The monoisotopic (exact) mass is 494 g/mol. The molecule has 0 amide bonds. The summed E-state index contributed by atoms with van der Waals surface area (Å²) in [5, 5.41) is 20.2. The van der Waals surface area contributed by atoms with Crippen molar-refractivity contribution >= 4 is 0 Å². The lowest BCUT2D eigenvalue weighted by Gasteiger charge is -2.26. The molecule has 0 spiro atoms. The van der Waals surface area contributed by atoms with Gasteiger partial charge in [-0.15, -0.1) is 0 Å². The zero-order chi connectivity index (χ0) is 26.2. The highest BCUT2D eigenvalue weighted by atomic mass is 16.5. The molecule has 2 heterocycles. The first-order chi connectivity index (χ1) is 16.4. The zero-order valence-electron chi connectivity index (χ0n) is 22.5. The highest BCUT2D eigenvalue weighted by Crippen LogP contribution is 2.29. The summed E-state index contributed by atoms with van der Waals surface area (Å²) in [6, 6.07) is 0. The van der Waals surface area contributed by atoms with Crippen molar-refractivity contribution in [3.63, 3.8) is 0 Å². The van der Waals surface area contributed by atoms with Crippen molar-refractivity contribution in [1.29, 1.82) is 0 Å². The van der Waals surface area contributed by atoms with Crippen molar-refractivity contribution in [3.05, 3.63) is 33.4 Å². The molecule has 0 fully saturated rings. The summed E-state index contributed by atoms with van der Waals surface area (Å²) in [7, 11) is 0. The second kappa shape index (κ2) is 12.5. The summed E-state index contributed by atoms with van der Waals surface area (Å²) in [4.78, 5) is 24.7. The van der Waals surface area contributed by atoms with Gasteiger partial charge in [0.15, 0.2) is 0 Å². The highest BCUT2D eigenvalue weighted by Gasteiger charge is 2.26. The Kier molecular flexibility index (Phi) is 10.3. The molecule has 0 atom stereocenters. The molecule has 0 saturated carbocycles. The van der Waals surface area contributed by atoms with Crippen molar-refractivity contribution in [3.8, 4) is 11.8 Å². The van der Waals surface area contributed by atoms with Crippen LogP contribution in [0.4, 0.5) is 0 Å². The van der Waals surface area contributed by atoms with Crippen LogP contribution in [-0.4, -0.2) is 41.7 Å².